The van der Waals surface area contributed by atoms with Gasteiger partial charge in [-0.05, 0) is 48.5 Å². The summed E-state index contributed by atoms with van der Waals surface area (Å²) in [5.41, 5.74) is 1.31. The van der Waals surface area contributed by atoms with Crippen molar-refractivity contribution in [3.8, 4) is 5.75 Å². The van der Waals surface area contributed by atoms with Crippen LogP contribution in [-0.2, 0) is 0 Å². The molecule has 3 aromatic rings. The fourth-order valence-electron chi connectivity index (χ4n) is 2.07. The number of ether oxygens (including phenoxy) is 1. The number of benzene rings is 2. The van der Waals surface area contributed by atoms with E-state index in [1.54, 1.807) is 18.2 Å². The zero-order valence-corrected chi connectivity index (χ0v) is 12.3. The van der Waals surface area contributed by atoms with Crippen molar-refractivity contribution in [3.05, 3.63) is 59.6 Å². The van der Waals surface area contributed by atoms with Crippen LogP contribution in [0.15, 0.2) is 54.6 Å². The number of halogens is 4. The molecule has 3 nitrogen and oxygen atoms in total. The molecule has 7 heteroatoms. The largest absolute Gasteiger partial charge is 0.573 e. The summed E-state index contributed by atoms with van der Waals surface area (Å²) in [6.07, 6.45) is -4.70. The van der Waals surface area contributed by atoms with Crippen LogP contribution >= 0.6 is 11.6 Å². The van der Waals surface area contributed by atoms with Crippen LogP contribution < -0.4 is 10.1 Å². The average molecular weight is 339 g/mol. The topological polar surface area (TPSA) is 34.1 Å². The first kappa shape index (κ1) is 15.4. The van der Waals surface area contributed by atoms with Crippen molar-refractivity contribution in [1.29, 1.82) is 0 Å². The SMILES string of the molecule is FC(F)(F)Oc1ccc(Nc2ccc3c(Cl)cccc3n2)cc1. The molecule has 0 aliphatic heterocycles. The van der Waals surface area contributed by atoms with Gasteiger partial charge < -0.3 is 10.1 Å². The third kappa shape index (κ3) is 3.84. The number of fused-ring (bicyclic) bond motifs is 1. The van der Waals surface area contributed by atoms with E-state index in [4.69, 9.17) is 11.6 Å². The molecule has 0 aliphatic carbocycles. The number of alkyl halides is 3. The van der Waals surface area contributed by atoms with Gasteiger partial charge in [0.05, 0.1) is 5.52 Å². The second kappa shape index (κ2) is 5.96. The van der Waals surface area contributed by atoms with Gasteiger partial charge in [-0.15, -0.1) is 13.2 Å². The van der Waals surface area contributed by atoms with Gasteiger partial charge in [-0.25, -0.2) is 4.98 Å². The Kier molecular flexibility index (Phi) is 4.00. The molecular weight excluding hydrogens is 329 g/mol. The molecule has 0 spiro atoms. The van der Waals surface area contributed by atoms with E-state index in [0.29, 0.717) is 16.5 Å². The Morgan fingerprint density at radius 1 is 0.957 bits per heavy atom. The van der Waals surface area contributed by atoms with Crippen LogP contribution in [0.1, 0.15) is 0 Å². The Labute approximate surface area is 134 Å². The molecule has 0 radical (unpaired) electrons. The Bertz CT molecular complexity index is 835. The van der Waals surface area contributed by atoms with E-state index in [1.165, 1.54) is 24.3 Å². The average Bonchev–Trinajstić information content (AvgIpc) is 2.48. The zero-order chi connectivity index (χ0) is 16.4. The van der Waals surface area contributed by atoms with E-state index < -0.39 is 6.36 Å². The summed E-state index contributed by atoms with van der Waals surface area (Å²) >= 11 is 6.07. The zero-order valence-electron chi connectivity index (χ0n) is 11.6. The maximum Gasteiger partial charge on any atom is 0.573 e. The number of aromatic nitrogens is 1. The molecule has 0 unspecified atom stereocenters. The van der Waals surface area contributed by atoms with Crippen molar-refractivity contribution >= 4 is 34.0 Å². The van der Waals surface area contributed by atoms with Crippen LogP contribution in [0.3, 0.4) is 0 Å². The third-order valence-electron chi connectivity index (χ3n) is 3.04. The first-order chi connectivity index (χ1) is 10.9. The molecule has 1 aromatic heterocycles. The molecule has 1 N–H and O–H groups in total. The van der Waals surface area contributed by atoms with Crippen molar-refractivity contribution in [2.24, 2.45) is 0 Å². The molecule has 1 heterocycles. The second-order valence-corrected chi connectivity index (χ2v) is 5.11. The van der Waals surface area contributed by atoms with Gasteiger partial charge in [0.1, 0.15) is 11.6 Å². The molecule has 0 bridgehead atoms. The van der Waals surface area contributed by atoms with Crippen molar-refractivity contribution in [3.63, 3.8) is 0 Å². The summed E-state index contributed by atoms with van der Waals surface area (Å²) in [6, 6.07) is 14.4. The van der Waals surface area contributed by atoms with E-state index >= 15 is 0 Å². The van der Waals surface area contributed by atoms with Crippen molar-refractivity contribution < 1.29 is 17.9 Å². The lowest BCUT2D eigenvalue weighted by molar-refractivity contribution is -0.274. The van der Waals surface area contributed by atoms with Crippen molar-refractivity contribution in [1.82, 2.24) is 4.98 Å². The number of hydrogen-bond donors (Lipinski definition) is 1. The molecule has 3 rings (SSSR count). The number of nitrogens with one attached hydrogen (secondary N) is 1. The van der Waals surface area contributed by atoms with Crippen LogP contribution in [-0.4, -0.2) is 11.3 Å². The van der Waals surface area contributed by atoms with E-state index in [2.05, 4.69) is 15.0 Å². The Morgan fingerprint density at radius 2 is 1.70 bits per heavy atom. The fraction of sp³-hybridized carbons (Fsp3) is 0.0625. The molecule has 0 saturated carbocycles. The number of hydrogen-bond acceptors (Lipinski definition) is 3. The van der Waals surface area contributed by atoms with Crippen molar-refractivity contribution in [2.45, 2.75) is 6.36 Å². The summed E-state index contributed by atoms with van der Waals surface area (Å²) < 4.78 is 40.2. The lowest BCUT2D eigenvalue weighted by Gasteiger charge is -2.10. The standard InChI is InChI=1S/C16H10ClF3N2O/c17-13-2-1-3-14-12(13)8-9-15(22-14)21-10-4-6-11(7-5-10)23-16(18,19)20/h1-9H,(H,21,22). The van der Waals surface area contributed by atoms with E-state index in [-0.39, 0.29) is 5.75 Å². The molecule has 2 aromatic carbocycles. The number of nitrogens with zero attached hydrogens (tertiary/aromatic N) is 1. The molecule has 0 amide bonds. The van der Waals surface area contributed by atoms with Gasteiger partial charge in [0.15, 0.2) is 0 Å². The lowest BCUT2D eigenvalue weighted by Crippen LogP contribution is -2.16. The highest BCUT2D eigenvalue weighted by Crippen LogP contribution is 2.27. The quantitative estimate of drug-likeness (QED) is 0.681. The Balaban J connectivity index is 1.79. The third-order valence-corrected chi connectivity index (χ3v) is 3.37. The molecule has 0 aliphatic rings. The minimum atomic E-state index is -4.70. The van der Waals surface area contributed by atoms with Gasteiger partial charge in [0.2, 0.25) is 0 Å². The predicted octanol–water partition coefficient (Wildman–Crippen LogP) is 5.53. The van der Waals surface area contributed by atoms with Crippen LogP contribution in [0.25, 0.3) is 10.9 Å². The van der Waals surface area contributed by atoms with Crippen molar-refractivity contribution in [2.75, 3.05) is 5.32 Å². The monoisotopic (exact) mass is 338 g/mol. The van der Waals surface area contributed by atoms with E-state index in [9.17, 15) is 13.2 Å². The van der Waals surface area contributed by atoms with Gasteiger partial charge in [0, 0.05) is 16.1 Å². The van der Waals surface area contributed by atoms with Crippen LogP contribution in [0.4, 0.5) is 24.7 Å². The van der Waals surface area contributed by atoms with Crippen LogP contribution in [0, 0.1) is 0 Å². The highest BCUT2D eigenvalue weighted by molar-refractivity contribution is 6.35. The predicted molar refractivity (Wildman–Crippen MR) is 83.2 cm³/mol. The molecule has 0 fully saturated rings. The molecule has 118 valence electrons. The summed E-state index contributed by atoms with van der Waals surface area (Å²) in [4.78, 5) is 4.41. The van der Waals surface area contributed by atoms with Gasteiger partial charge in [0.25, 0.3) is 0 Å². The Morgan fingerprint density at radius 3 is 2.39 bits per heavy atom. The molecule has 0 atom stereocenters. The van der Waals surface area contributed by atoms with Gasteiger partial charge in [-0.1, -0.05) is 17.7 Å². The summed E-state index contributed by atoms with van der Waals surface area (Å²) in [7, 11) is 0. The second-order valence-electron chi connectivity index (χ2n) is 4.70. The van der Waals surface area contributed by atoms with Gasteiger partial charge >= 0.3 is 6.36 Å². The number of rotatable bonds is 3. The van der Waals surface area contributed by atoms with Gasteiger partial charge in [-0.3, -0.25) is 0 Å². The molecule has 23 heavy (non-hydrogen) atoms. The Hall–Kier alpha value is -2.47. The first-order valence-corrected chi connectivity index (χ1v) is 6.97. The number of pyridine rings is 1. The minimum Gasteiger partial charge on any atom is -0.406 e. The van der Waals surface area contributed by atoms with E-state index in [0.717, 1.165) is 10.9 Å². The normalized spacial score (nSPS) is 11.5. The maximum atomic E-state index is 12.1. The highest BCUT2D eigenvalue weighted by Gasteiger charge is 2.30. The molecular formula is C16H10ClF3N2O. The van der Waals surface area contributed by atoms with Crippen LogP contribution in [0.5, 0.6) is 5.75 Å². The summed E-state index contributed by atoms with van der Waals surface area (Å²) in [5, 5.41) is 4.45. The smallest absolute Gasteiger partial charge is 0.406 e. The maximum absolute atomic E-state index is 12.1. The molecule has 0 saturated heterocycles. The lowest BCUT2D eigenvalue weighted by atomic mass is 10.2. The number of anilines is 2. The fourth-order valence-corrected chi connectivity index (χ4v) is 2.31. The van der Waals surface area contributed by atoms with E-state index in [1.807, 2.05) is 12.1 Å². The minimum absolute atomic E-state index is 0.277. The first-order valence-electron chi connectivity index (χ1n) is 6.59. The van der Waals surface area contributed by atoms with Gasteiger partial charge in [-0.2, -0.15) is 0 Å². The highest BCUT2D eigenvalue weighted by atomic mass is 35.5. The summed E-state index contributed by atoms with van der Waals surface area (Å²) in [6.45, 7) is 0. The van der Waals surface area contributed by atoms with Crippen LogP contribution in [0.2, 0.25) is 5.02 Å². The summed E-state index contributed by atoms with van der Waals surface area (Å²) in [5.74, 6) is 0.283.